The van der Waals surface area contributed by atoms with Crippen LogP contribution in [0.25, 0.3) is 0 Å². The molecule has 1 aliphatic carbocycles. The molecule has 3 unspecified atom stereocenters. The van der Waals surface area contributed by atoms with Gasteiger partial charge in [-0.25, -0.2) is 4.79 Å². The van der Waals surface area contributed by atoms with Crippen LogP contribution in [-0.4, -0.2) is 34.0 Å². The summed E-state index contributed by atoms with van der Waals surface area (Å²) in [5, 5.41) is 9.33. The summed E-state index contributed by atoms with van der Waals surface area (Å²) in [6.45, 7) is 6.58. The number of likely N-dealkylation sites (tertiary alicyclic amines) is 1. The molecule has 0 aromatic heterocycles. The second-order valence-corrected chi connectivity index (χ2v) is 6.59. The van der Waals surface area contributed by atoms with Crippen molar-refractivity contribution in [3.05, 3.63) is 0 Å². The summed E-state index contributed by atoms with van der Waals surface area (Å²) in [6.07, 6.45) is 4.13. The van der Waals surface area contributed by atoms with Gasteiger partial charge in [0.15, 0.2) is 0 Å². The predicted molar refractivity (Wildman–Crippen MR) is 72.6 cm³/mol. The lowest BCUT2D eigenvalue weighted by Crippen LogP contribution is -2.52. The molecule has 1 heterocycles. The number of aliphatic carboxylic acids is 1. The van der Waals surface area contributed by atoms with E-state index in [0.29, 0.717) is 30.6 Å². The molecule has 2 aliphatic rings. The van der Waals surface area contributed by atoms with Crippen molar-refractivity contribution in [2.75, 3.05) is 0 Å². The Kier molecular flexibility index (Phi) is 4.16. The van der Waals surface area contributed by atoms with E-state index in [4.69, 9.17) is 0 Å². The van der Waals surface area contributed by atoms with E-state index in [-0.39, 0.29) is 11.9 Å². The van der Waals surface area contributed by atoms with Gasteiger partial charge in [-0.3, -0.25) is 4.79 Å². The molecule has 4 nitrogen and oxygen atoms in total. The number of rotatable bonds is 3. The van der Waals surface area contributed by atoms with Gasteiger partial charge >= 0.3 is 5.97 Å². The van der Waals surface area contributed by atoms with Gasteiger partial charge in [-0.05, 0) is 37.0 Å². The molecule has 2 fully saturated rings. The van der Waals surface area contributed by atoms with Crippen molar-refractivity contribution in [3.8, 4) is 0 Å². The number of carboxylic acid groups (broad SMARTS) is 1. The third kappa shape index (κ3) is 2.77. The first-order valence-electron chi connectivity index (χ1n) is 7.45. The molecular formula is C15H25NO3. The minimum Gasteiger partial charge on any atom is -0.480 e. The molecule has 1 saturated heterocycles. The van der Waals surface area contributed by atoms with Crippen LogP contribution >= 0.6 is 0 Å². The predicted octanol–water partition coefficient (Wildman–Crippen LogP) is 2.52. The maximum absolute atomic E-state index is 12.1. The van der Waals surface area contributed by atoms with Gasteiger partial charge < -0.3 is 10.0 Å². The lowest BCUT2D eigenvalue weighted by molar-refractivity contribution is -0.150. The van der Waals surface area contributed by atoms with Crippen LogP contribution in [0.1, 0.15) is 52.9 Å². The van der Waals surface area contributed by atoms with Crippen LogP contribution in [0.15, 0.2) is 0 Å². The van der Waals surface area contributed by atoms with E-state index in [1.54, 1.807) is 4.90 Å². The maximum Gasteiger partial charge on any atom is 0.326 e. The molecule has 0 aromatic rings. The van der Waals surface area contributed by atoms with E-state index in [1.165, 1.54) is 6.42 Å². The Morgan fingerprint density at radius 2 is 2.00 bits per heavy atom. The molecule has 2 rings (SSSR count). The lowest BCUT2D eigenvalue weighted by Gasteiger charge is -2.43. The summed E-state index contributed by atoms with van der Waals surface area (Å²) in [6, 6.07) is -0.469. The second kappa shape index (κ2) is 5.51. The van der Waals surface area contributed by atoms with Crippen molar-refractivity contribution in [2.45, 2.75) is 65.0 Å². The highest BCUT2D eigenvalue weighted by Gasteiger charge is 2.45. The Morgan fingerprint density at radius 3 is 2.58 bits per heavy atom. The van der Waals surface area contributed by atoms with Gasteiger partial charge in [0.25, 0.3) is 0 Å². The topological polar surface area (TPSA) is 57.6 Å². The lowest BCUT2D eigenvalue weighted by atomic mass is 9.73. The Balaban J connectivity index is 2.24. The number of nitrogens with zero attached hydrogens (tertiary/aromatic N) is 1. The highest BCUT2D eigenvalue weighted by molar-refractivity contribution is 5.87. The molecule has 4 heteroatoms. The van der Waals surface area contributed by atoms with E-state index >= 15 is 0 Å². The van der Waals surface area contributed by atoms with Crippen LogP contribution in [0.5, 0.6) is 0 Å². The summed E-state index contributed by atoms with van der Waals surface area (Å²) in [4.78, 5) is 25.2. The average Bonchev–Trinajstić information content (AvgIpc) is 2.70. The zero-order valence-electron chi connectivity index (χ0n) is 12.1. The molecule has 1 amide bonds. The molecule has 19 heavy (non-hydrogen) atoms. The molecule has 0 bridgehead atoms. The van der Waals surface area contributed by atoms with Crippen LogP contribution in [-0.2, 0) is 9.59 Å². The Labute approximate surface area is 115 Å². The van der Waals surface area contributed by atoms with Crippen molar-refractivity contribution in [1.29, 1.82) is 0 Å². The highest BCUT2D eigenvalue weighted by Crippen LogP contribution is 2.39. The summed E-state index contributed by atoms with van der Waals surface area (Å²) in [7, 11) is 0. The van der Waals surface area contributed by atoms with E-state index in [0.717, 1.165) is 12.8 Å². The fourth-order valence-electron chi connectivity index (χ4n) is 3.83. The van der Waals surface area contributed by atoms with Gasteiger partial charge in [-0.2, -0.15) is 0 Å². The number of carbonyl (C=O) groups is 2. The first-order chi connectivity index (χ1) is 8.91. The van der Waals surface area contributed by atoms with Gasteiger partial charge in [0, 0.05) is 12.5 Å². The number of amides is 1. The molecule has 1 aliphatic heterocycles. The number of carbonyl (C=O) groups excluding carboxylic acids is 1. The van der Waals surface area contributed by atoms with Crippen molar-refractivity contribution in [1.82, 2.24) is 4.90 Å². The molecular weight excluding hydrogens is 242 g/mol. The third-order valence-electron chi connectivity index (χ3n) is 4.88. The highest BCUT2D eigenvalue weighted by atomic mass is 16.4. The van der Waals surface area contributed by atoms with Crippen molar-refractivity contribution in [3.63, 3.8) is 0 Å². The smallest absolute Gasteiger partial charge is 0.326 e. The summed E-state index contributed by atoms with van der Waals surface area (Å²) >= 11 is 0. The Hall–Kier alpha value is -1.06. The van der Waals surface area contributed by atoms with Crippen LogP contribution in [0.3, 0.4) is 0 Å². The molecule has 1 saturated carbocycles. The number of hydrogen-bond donors (Lipinski definition) is 1. The molecule has 0 aromatic carbocycles. The van der Waals surface area contributed by atoms with E-state index < -0.39 is 12.0 Å². The van der Waals surface area contributed by atoms with Crippen molar-refractivity contribution in [2.24, 2.45) is 17.8 Å². The molecule has 108 valence electrons. The van der Waals surface area contributed by atoms with Gasteiger partial charge in [0.05, 0.1) is 0 Å². The number of hydrogen-bond acceptors (Lipinski definition) is 2. The first-order valence-corrected chi connectivity index (χ1v) is 7.45. The number of carboxylic acids is 1. The normalized spacial score (nSPS) is 36.0. The quantitative estimate of drug-likeness (QED) is 0.854. The van der Waals surface area contributed by atoms with Gasteiger partial charge in [-0.15, -0.1) is 0 Å². The summed E-state index contributed by atoms with van der Waals surface area (Å²) in [5.74, 6) is 0.729. The van der Waals surface area contributed by atoms with Crippen LogP contribution < -0.4 is 0 Å². The van der Waals surface area contributed by atoms with Crippen LogP contribution in [0.2, 0.25) is 0 Å². The summed E-state index contributed by atoms with van der Waals surface area (Å²) in [5.41, 5.74) is 0. The SMILES string of the molecule is CC1CCC(C(C)C)C(N2C(=O)CC[C@H]2C(=O)O)C1. The van der Waals surface area contributed by atoms with E-state index in [1.807, 2.05) is 0 Å². The van der Waals surface area contributed by atoms with Crippen LogP contribution in [0, 0.1) is 17.8 Å². The van der Waals surface area contributed by atoms with E-state index in [9.17, 15) is 14.7 Å². The van der Waals surface area contributed by atoms with Gasteiger partial charge in [0.2, 0.25) is 5.91 Å². The fourth-order valence-corrected chi connectivity index (χ4v) is 3.83. The Morgan fingerprint density at radius 1 is 1.32 bits per heavy atom. The fraction of sp³-hybridized carbons (Fsp3) is 0.867. The molecule has 1 N–H and O–H groups in total. The third-order valence-corrected chi connectivity index (χ3v) is 4.88. The minimum absolute atomic E-state index is 0.0390. The zero-order valence-corrected chi connectivity index (χ0v) is 12.1. The van der Waals surface area contributed by atoms with Gasteiger partial charge in [0.1, 0.15) is 6.04 Å². The molecule has 0 spiro atoms. The zero-order chi connectivity index (χ0) is 14.2. The standard InChI is InChI=1S/C15H25NO3/c1-9(2)11-5-4-10(3)8-13(11)16-12(15(18)19)6-7-14(16)17/h9-13H,4-8H2,1-3H3,(H,18,19)/t10?,11?,12-,13?/m0/s1. The van der Waals surface area contributed by atoms with Gasteiger partial charge in [-0.1, -0.05) is 27.2 Å². The minimum atomic E-state index is -0.841. The van der Waals surface area contributed by atoms with Crippen molar-refractivity contribution < 1.29 is 14.7 Å². The van der Waals surface area contributed by atoms with Crippen molar-refractivity contribution >= 4 is 11.9 Å². The second-order valence-electron chi connectivity index (χ2n) is 6.59. The molecule has 0 radical (unpaired) electrons. The largest absolute Gasteiger partial charge is 0.480 e. The van der Waals surface area contributed by atoms with Crippen LogP contribution in [0.4, 0.5) is 0 Å². The Bertz CT molecular complexity index is 366. The monoisotopic (exact) mass is 267 g/mol. The maximum atomic E-state index is 12.1. The van der Waals surface area contributed by atoms with E-state index in [2.05, 4.69) is 20.8 Å². The first kappa shape index (κ1) is 14.4. The average molecular weight is 267 g/mol. The summed E-state index contributed by atoms with van der Waals surface area (Å²) < 4.78 is 0. The molecule has 4 atom stereocenters.